The Morgan fingerprint density at radius 1 is 1.22 bits per heavy atom. The van der Waals surface area contributed by atoms with Crippen molar-refractivity contribution in [2.24, 2.45) is 0 Å². The summed E-state index contributed by atoms with van der Waals surface area (Å²) in [7, 11) is 0. The van der Waals surface area contributed by atoms with Crippen molar-refractivity contribution in [2.75, 3.05) is 6.61 Å². The van der Waals surface area contributed by atoms with Crippen molar-refractivity contribution in [3.05, 3.63) is 57.5 Å². The van der Waals surface area contributed by atoms with Gasteiger partial charge in [0, 0.05) is 11.1 Å². The second-order valence-electron chi connectivity index (χ2n) is 5.34. The molecule has 0 aliphatic carbocycles. The fourth-order valence-electron chi connectivity index (χ4n) is 2.72. The lowest BCUT2D eigenvalue weighted by Crippen LogP contribution is -2.11. The molecule has 1 aromatic carbocycles. The van der Waals surface area contributed by atoms with Gasteiger partial charge in [-0.15, -0.1) is 0 Å². The lowest BCUT2D eigenvalue weighted by atomic mass is 10.0. The fraction of sp³-hybridized carbons (Fsp3) is 0.111. The van der Waals surface area contributed by atoms with E-state index in [9.17, 15) is 9.59 Å². The van der Waals surface area contributed by atoms with Crippen LogP contribution in [0.25, 0.3) is 28.6 Å². The molecule has 5 heteroatoms. The standard InChI is InChI=1S/C18H12O5/c1-10-16(20)12-4-5-14-13(7-11(8-19)9-22-14)18(12)23-17(10)15-3-2-6-21-15/h2-8H,9H2,1H3. The molecular weight excluding hydrogens is 296 g/mol. The number of benzene rings is 1. The van der Waals surface area contributed by atoms with Crippen LogP contribution >= 0.6 is 0 Å². The van der Waals surface area contributed by atoms with Crippen molar-refractivity contribution < 1.29 is 18.4 Å². The molecule has 23 heavy (non-hydrogen) atoms. The molecule has 0 bridgehead atoms. The quantitative estimate of drug-likeness (QED) is 0.679. The number of hydrogen-bond acceptors (Lipinski definition) is 5. The topological polar surface area (TPSA) is 69.7 Å². The van der Waals surface area contributed by atoms with Crippen LogP contribution in [0, 0.1) is 6.92 Å². The van der Waals surface area contributed by atoms with E-state index < -0.39 is 0 Å². The number of furan rings is 1. The van der Waals surface area contributed by atoms with Crippen molar-refractivity contribution in [2.45, 2.75) is 6.92 Å². The molecule has 4 rings (SSSR count). The van der Waals surface area contributed by atoms with E-state index in [1.165, 1.54) is 6.26 Å². The molecule has 0 amide bonds. The third-order valence-corrected chi connectivity index (χ3v) is 3.91. The minimum absolute atomic E-state index is 0.132. The van der Waals surface area contributed by atoms with Crippen LogP contribution in [-0.4, -0.2) is 12.9 Å². The monoisotopic (exact) mass is 308 g/mol. The van der Waals surface area contributed by atoms with Crippen LogP contribution in [-0.2, 0) is 4.79 Å². The van der Waals surface area contributed by atoms with Crippen LogP contribution in [0.3, 0.4) is 0 Å². The highest BCUT2D eigenvalue weighted by atomic mass is 16.5. The summed E-state index contributed by atoms with van der Waals surface area (Å²) in [6.45, 7) is 1.91. The Kier molecular flexibility index (Phi) is 2.94. The van der Waals surface area contributed by atoms with Gasteiger partial charge in [-0.1, -0.05) is 0 Å². The molecule has 2 aromatic heterocycles. The van der Waals surface area contributed by atoms with Gasteiger partial charge in [-0.05, 0) is 37.3 Å². The predicted molar refractivity (Wildman–Crippen MR) is 84.5 cm³/mol. The molecule has 114 valence electrons. The Labute approximate surface area is 130 Å². The normalized spacial score (nSPS) is 13.3. The molecule has 0 saturated heterocycles. The summed E-state index contributed by atoms with van der Waals surface area (Å²) in [4.78, 5) is 23.7. The van der Waals surface area contributed by atoms with E-state index in [0.29, 0.717) is 44.9 Å². The van der Waals surface area contributed by atoms with E-state index in [2.05, 4.69) is 0 Å². The molecule has 5 nitrogen and oxygen atoms in total. The summed E-state index contributed by atoms with van der Waals surface area (Å²) in [5, 5.41) is 0.448. The Morgan fingerprint density at radius 2 is 2.09 bits per heavy atom. The van der Waals surface area contributed by atoms with Gasteiger partial charge in [0.15, 0.2) is 16.9 Å². The smallest absolute Gasteiger partial charge is 0.196 e. The predicted octanol–water partition coefficient (Wildman–Crippen LogP) is 3.34. The lowest BCUT2D eigenvalue weighted by Gasteiger charge is -2.16. The first-order valence-corrected chi connectivity index (χ1v) is 7.12. The summed E-state index contributed by atoms with van der Waals surface area (Å²) < 4.78 is 16.9. The van der Waals surface area contributed by atoms with Crippen LogP contribution < -0.4 is 10.2 Å². The van der Waals surface area contributed by atoms with Crippen molar-refractivity contribution in [1.29, 1.82) is 0 Å². The average Bonchev–Trinajstić information content (AvgIpc) is 3.11. The largest absolute Gasteiger partial charge is 0.488 e. The zero-order chi connectivity index (χ0) is 16.0. The summed E-state index contributed by atoms with van der Waals surface area (Å²) in [6.07, 6.45) is 3.95. The van der Waals surface area contributed by atoms with E-state index in [-0.39, 0.29) is 12.0 Å². The molecule has 0 atom stereocenters. The van der Waals surface area contributed by atoms with Gasteiger partial charge in [-0.25, -0.2) is 0 Å². The van der Waals surface area contributed by atoms with Gasteiger partial charge in [0.1, 0.15) is 24.2 Å². The number of carbonyl (C=O) groups excluding carboxylic acids is 1. The Morgan fingerprint density at radius 3 is 2.83 bits per heavy atom. The molecule has 0 spiro atoms. The van der Waals surface area contributed by atoms with Crippen LogP contribution in [0.1, 0.15) is 11.1 Å². The van der Waals surface area contributed by atoms with Gasteiger partial charge < -0.3 is 13.6 Å². The van der Waals surface area contributed by atoms with Crippen molar-refractivity contribution in [3.63, 3.8) is 0 Å². The van der Waals surface area contributed by atoms with E-state index in [1.807, 2.05) is 0 Å². The van der Waals surface area contributed by atoms with Gasteiger partial charge >= 0.3 is 0 Å². The molecule has 0 radical (unpaired) electrons. The van der Waals surface area contributed by atoms with Crippen LogP contribution in [0.4, 0.5) is 0 Å². The van der Waals surface area contributed by atoms with Crippen LogP contribution in [0.2, 0.25) is 0 Å². The van der Waals surface area contributed by atoms with Crippen molar-refractivity contribution >= 4 is 23.3 Å². The van der Waals surface area contributed by atoms with E-state index in [4.69, 9.17) is 13.6 Å². The Bertz CT molecular complexity index is 1010. The Balaban J connectivity index is 2.10. The summed E-state index contributed by atoms with van der Waals surface area (Å²) in [5.41, 5.74) is 1.83. The average molecular weight is 308 g/mol. The maximum absolute atomic E-state index is 12.6. The van der Waals surface area contributed by atoms with Crippen molar-refractivity contribution in [1.82, 2.24) is 0 Å². The summed E-state index contributed by atoms with van der Waals surface area (Å²) in [6, 6.07) is 6.86. The molecule has 0 saturated carbocycles. The SMILES string of the molecule is Cc1c(-c2ccco2)oc2c3c(ccc2c1=O)OCC(C=O)=C3. The van der Waals surface area contributed by atoms with Gasteiger partial charge in [0.2, 0.25) is 0 Å². The molecule has 0 unspecified atom stereocenters. The van der Waals surface area contributed by atoms with Gasteiger partial charge in [0.05, 0.1) is 17.2 Å². The molecule has 0 N–H and O–H groups in total. The summed E-state index contributed by atoms with van der Waals surface area (Å²) in [5.74, 6) is 1.45. The molecule has 0 fully saturated rings. The Hall–Kier alpha value is -3.08. The van der Waals surface area contributed by atoms with Crippen molar-refractivity contribution in [3.8, 4) is 17.3 Å². The van der Waals surface area contributed by atoms with E-state index >= 15 is 0 Å². The lowest BCUT2D eigenvalue weighted by molar-refractivity contribution is -0.105. The van der Waals surface area contributed by atoms with Gasteiger partial charge in [-0.2, -0.15) is 0 Å². The number of ether oxygens (including phenoxy) is 1. The number of hydrogen-bond donors (Lipinski definition) is 0. The summed E-state index contributed by atoms with van der Waals surface area (Å²) >= 11 is 0. The maximum Gasteiger partial charge on any atom is 0.196 e. The number of fused-ring (bicyclic) bond motifs is 3. The second-order valence-corrected chi connectivity index (χ2v) is 5.34. The molecule has 1 aliphatic rings. The zero-order valence-electron chi connectivity index (χ0n) is 12.3. The molecule has 1 aliphatic heterocycles. The highest BCUT2D eigenvalue weighted by Crippen LogP contribution is 2.35. The maximum atomic E-state index is 12.6. The van der Waals surface area contributed by atoms with E-state index in [1.54, 1.807) is 37.3 Å². The third kappa shape index (κ3) is 2.01. The van der Waals surface area contributed by atoms with Gasteiger partial charge in [0.25, 0.3) is 0 Å². The number of carbonyl (C=O) groups is 1. The first kappa shape index (κ1) is 13.6. The van der Waals surface area contributed by atoms with E-state index in [0.717, 1.165) is 6.29 Å². The molecular formula is C18H12O5. The van der Waals surface area contributed by atoms with Gasteiger partial charge in [-0.3, -0.25) is 9.59 Å². The number of rotatable bonds is 2. The third-order valence-electron chi connectivity index (χ3n) is 3.91. The van der Waals surface area contributed by atoms with Crippen LogP contribution in [0.15, 0.2) is 49.7 Å². The highest BCUT2D eigenvalue weighted by Gasteiger charge is 2.20. The fourth-order valence-corrected chi connectivity index (χ4v) is 2.72. The number of aldehydes is 1. The minimum atomic E-state index is -0.132. The minimum Gasteiger partial charge on any atom is -0.488 e. The molecule has 3 aromatic rings. The first-order chi connectivity index (χ1) is 11.2. The second kappa shape index (κ2) is 4.98. The highest BCUT2D eigenvalue weighted by molar-refractivity contribution is 5.94. The first-order valence-electron chi connectivity index (χ1n) is 7.12. The van der Waals surface area contributed by atoms with Crippen LogP contribution in [0.5, 0.6) is 5.75 Å². The zero-order valence-corrected chi connectivity index (χ0v) is 12.3. The molecule has 3 heterocycles.